The molecule has 0 N–H and O–H groups in total. The summed E-state index contributed by atoms with van der Waals surface area (Å²) in [5, 5.41) is 13.4. The van der Waals surface area contributed by atoms with Crippen LogP contribution in [0.3, 0.4) is 0 Å². The highest BCUT2D eigenvalue weighted by atomic mass is 32.2. The second-order valence-corrected chi connectivity index (χ2v) is 5.38. The molecule has 7 heteroatoms. The topological polar surface area (TPSA) is 52.3 Å². The Kier molecular flexibility index (Phi) is 4.12. The molecule has 0 amide bonds. The van der Waals surface area contributed by atoms with E-state index in [1.165, 1.54) is 23.9 Å². The van der Waals surface area contributed by atoms with Crippen LogP contribution in [0.2, 0.25) is 0 Å². The van der Waals surface area contributed by atoms with E-state index in [2.05, 4.69) is 15.3 Å². The zero-order valence-corrected chi connectivity index (χ0v) is 12.2. The summed E-state index contributed by atoms with van der Waals surface area (Å²) in [5.74, 6) is 0.514. The maximum atomic E-state index is 13.0. The molecule has 0 saturated heterocycles. The molecule has 3 aromatic rings. The summed E-state index contributed by atoms with van der Waals surface area (Å²) < 4.78 is 19.7. The van der Waals surface area contributed by atoms with Gasteiger partial charge < -0.3 is 4.74 Å². The minimum atomic E-state index is -0.264. The van der Waals surface area contributed by atoms with Crippen molar-refractivity contribution in [3.63, 3.8) is 0 Å². The van der Waals surface area contributed by atoms with E-state index >= 15 is 0 Å². The molecule has 0 bridgehead atoms. The van der Waals surface area contributed by atoms with Crippen molar-refractivity contribution in [3.05, 3.63) is 42.2 Å². The highest BCUT2D eigenvalue weighted by molar-refractivity contribution is 7.99. The number of nitrogens with zero attached hydrogens (tertiary/aromatic N) is 4. The van der Waals surface area contributed by atoms with Crippen molar-refractivity contribution < 1.29 is 9.13 Å². The molecular formula is C14H13FN4OS. The average molecular weight is 304 g/mol. The molecule has 2 heterocycles. The molecule has 2 aromatic heterocycles. The van der Waals surface area contributed by atoms with Crippen LogP contribution in [0, 0.1) is 5.82 Å². The van der Waals surface area contributed by atoms with Gasteiger partial charge in [0.05, 0.1) is 12.3 Å². The Morgan fingerprint density at radius 2 is 1.95 bits per heavy atom. The molecule has 0 atom stereocenters. The zero-order valence-electron chi connectivity index (χ0n) is 11.4. The first-order valence-corrected chi connectivity index (χ1v) is 7.36. The van der Waals surface area contributed by atoms with Crippen LogP contribution in [0.1, 0.15) is 0 Å². The summed E-state index contributed by atoms with van der Waals surface area (Å²) in [4.78, 5) is 0. The zero-order chi connectivity index (χ0) is 14.7. The highest BCUT2D eigenvalue weighted by Crippen LogP contribution is 2.20. The fourth-order valence-corrected chi connectivity index (χ4v) is 2.64. The number of rotatable bonds is 5. The molecule has 21 heavy (non-hydrogen) atoms. The third-order valence-electron chi connectivity index (χ3n) is 2.89. The maximum absolute atomic E-state index is 13.0. The quantitative estimate of drug-likeness (QED) is 0.536. The fraction of sp³-hybridized carbons (Fsp3) is 0.214. The van der Waals surface area contributed by atoms with E-state index in [9.17, 15) is 4.39 Å². The molecule has 0 aliphatic rings. The Hall–Kier alpha value is -1.99. The van der Waals surface area contributed by atoms with Gasteiger partial charge in [-0.05, 0) is 36.4 Å². The number of halogens is 1. The minimum Gasteiger partial charge on any atom is -0.384 e. The Labute approximate surface area is 125 Å². The summed E-state index contributed by atoms with van der Waals surface area (Å²) in [5.41, 5.74) is 2.27. The van der Waals surface area contributed by atoms with Crippen LogP contribution >= 0.6 is 11.8 Å². The largest absolute Gasteiger partial charge is 0.384 e. The van der Waals surface area contributed by atoms with Crippen LogP contribution in [-0.2, 0) is 4.74 Å². The monoisotopic (exact) mass is 304 g/mol. The lowest BCUT2D eigenvalue weighted by atomic mass is 10.1. The molecule has 5 nitrogen and oxygen atoms in total. The number of fused-ring (bicyclic) bond motifs is 1. The average Bonchev–Trinajstić information content (AvgIpc) is 2.91. The molecule has 3 rings (SSSR count). The van der Waals surface area contributed by atoms with Crippen LogP contribution < -0.4 is 0 Å². The van der Waals surface area contributed by atoms with E-state index in [4.69, 9.17) is 4.74 Å². The predicted octanol–water partition coefficient (Wildman–Crippen LogP) is 2.67. The first-order valence-electron chi connectivity index (χ1n) is 6.38. The van der Waals surface area contributed by atoms with Gasteiger partial charge >= 0.3 is 0 Å². The van der Waals surface area contributed by atoms with Crippen molar-refractivity contribution in [3.8, 4) is 11.3 Å². The molecule has 0 fully saturated rings. The molecule has 0 saturated carbocycles. The van der Waals surface area contributed by atoms with Crippen LogP contribution in [-0.4, -0.2) is 39.3 Å². The first-order chi connectivity index (χ1) is 10.3. The van der Waals surface area contributed by atoms with Gasteiger partial charge in [0, 0.05) is 18.4 Å². The lowest BCUT2D eigenvalue weighted by Gasteiger charge is -2.03. The van der Waals surface area contributed by atoms with E-state index < -0.39 is 0 Å². The van der Waals surface area contributed by atoms with Crippen LogP contribution in [0.4, 0.5) is 4.39 Å². The molecule has 108 valence electrons. The lowest BCUT2D eigenvalue weighted by Crippen LogP contribution is -1.98. The van der Waals surface area contributed by atoms with Gasteiger partial charge in [0.2, 0.25) is 5.16 Å². The number of aromatic nitrogens is 4. The summed E-state index contributed by atoms with van der Waals surface area (Å²) >= 11 is 1.53. The fourth-order valence-electron chi connectivity index (χ4n) is 1.85. The Bertz CT molecular complexity index is 744. The Morgan fingerprint density at radius 3 is 2.71 bits per heavy atom. The van der Waals surface area contributed by atoms with Crippen molar-refractivity contribution in [2.24, 2.45) is 0 Å². The van der Waals surface area contributed by atoms with Gasteiger partial charge in [-0.25, -0.2) is 4.39 Å². The number of hydrogen-bond donors (Lipinski definition) is 0. The number of methoxy groups -OCH3 is 1. The molecule has 1 aromatic carbocycles. The van der Waals surface area contributed by atoms with Crippen LogP contribution in [0.15, 0.2) is 41.6 Å². The third-order valence-corrected chi connectivity index (χ3v) is 3.78. The van der Waals surface area contributed by atoms with Crippen molar-refractivity contribution in [2.75, 3.05) is 19.5 Å². The molecule has 0 spiro atoms. The van der Waals surface area contributed by atoms with E-state index in [1.807, 2.05) is 12.1 Å². The molecule has 0 radical (unpaired) electrons. The summed E-state index contributed by atoms with van der Waals surface area (Å²) in [6, 6.07) is 9.93. The van der Waals surface area contributed by atoms with Crippen LogP contribution in [0.5, 0.6) is 0 Å². The predicted molar refractivity (Wildman–Crippen MR) is 78.8 cm³/mol. The van der Waals surface area contributed by atoms with Gasteiger partial charge in [-0.2, -0.15) is 9.61 Å². The van der Waals surface area contributed by atoms with Gasteiger partial charge in [-0.1, -0.05) is 11.8 Å². The van der Waals surface area contributed by atoms with Crippen molar-refractivity contribution >= 4 is 17.4 Å². The summed E-state index contributed by atoms with van der Waals surface area (Å²) in [7, 11) is 1.66. The second kappa shape index (κ2) is 6.19. The first kappa shape index (κ1) is 14.0. The molecular weight excluding hydrogens is 291 g/mol. The van der Waals surface area contributed by atoms with Crippen LogP contribution in [0.25, 0.3) is 16.9 Å². The van der Waals surface area contributed by atoms with Gasteiger partial charge in [0.15, 0.2) is 5.65 Å². The van der Waals surface area contributed by atoms with E-state index in [0.29, 0.717) is 17.4 Å². The molecule has 0 unspecified atom stereocenters. The SMILES string of the molecule is COCCSc1nnc2ccc(-c3ccc(F)cc3)nn12. The summed E-state index contributed by atoms with van der Waals surface area (Å²) in [6.07, 6.45) is 0. The third kappa shape index (κ3) is 3.03. The van der Waals surface area contributed by atoms with Gasteiger partial charge in [-0.15, -0.1) is 10.2 Å². The number of ether oxygens (including phenoxy) is 1. The Morgan fingerprint density at radius 1 is 1.14 bits per heavy atom. The number of benzene rings is 1. The van der Waals surface area contributed by atoms with Gasteiger partial charge in [-0.3, -0.25) is 0 Å². The van der Waals surface area contributed by atoms with Gasteiger partial charge in [0.1, 0.15) is 5.82 Å². The lowest BCUT2D eigenvalue weighted by molar-refractivity contribution is 0.218. The minimum absolute atomic E-state index is 0.264. The second-order valence-electron chi connectivity index (χ2n) is 4.32. The Balaban J connectivity index is 1.94. The highest BCUT2D eigenvalue weighted by Gasteiger charge is 2.09. The van der Waals surface area contributed by atoms with Crippen molar-refractivity contribution in [1.82, 2.24) is 19.8 Å². The van der Waals surface area contributed by atoms with Crippen molar-refractivity contribution in [1.29, 1.82) is 0 Å². The smallest absolute Gasteiger partial charge is 0.212 e. The maximum Gasteiger partial charge on any atom is 0.212 e. The molecule has 0 aliphatic carbocycles. The van der Waals surface area contributed by atoms with E-state index in [-0.39, 0.29) is 5.82 Å². The van der Waals surface area contributed by atoms with E-state index in [1.54, 1.807) is 23.8 Å². The standard InChI is InChI=1S/C14H13FN4OS/c1-20-8-9-21-14-17-16-13-7-6-12(18-19(13)14)10-2-4-11(15)5-3-10/h2-7H,8-9H2,1H3. The number of thioether (sulfide) groups is 1. The molecule has 0 aliphatic heterocycles. The summed E-state index contributed by atoms with van der Waals surface area (Å²) in [6.45, 7) is 0.636. The van der Waals surface area contributed by atoms with E-state index in [0.717, 1.165) is 17.0 Å². The van der Waals surface area contributed by atoms with Gasteiger partial charge in [0.25, 0.3) is 0 Å². The number of hydrogen-bond acceptors (Lipinski definition) is 5. The normalized spacial score (nSPS) is 11.1. The van der Waals surface area contributed by atoms with Crippen molar-refractivity contribution in [2.45, 2.75) is 5.16 Å².